The molecule has 4 aliphatic rings. The predicted molar refractivity (Wildman–Crippen MR) is 114 cm³/mol. The lowest BCUT2D eigenvalue weighted by atomic mass is 10.1. The first-order chi connectivity index (χ1) is 14.3. The standard InChI is InChI=1S/C23H30N4O2/c1-2-5-18(4-1)24-13-17-10-16-11-21-22(29-15-28-21)12-20(16)25-23(17)27-9-8-26-7-3-6-19(26)14-27/h10-12,18-19,24H,1-9,13-15H2. The van der Waals surface area contributed by atoms with Crippen LogP contribution in [0.25, 0.3) is 10.9 Å². The highest BCUT2D eigenvalue weighted by Gasteiger charge is 2.32. The van der Waals surface area contributed by atoms with Crippen LogP contribution < -0.4 is 19.7 Å². The number of piperazine rings is 1. The average Bonchev–Trinajstić information content (AvgIpc) is 3.50. The predicted octanol–water partition coefficient (Wildman–Crippen LogP) is 3.28. The zero-order chi connectivity index (χ0) is 19.2. The second-order valence-corrected chi connectivity index (χ2v) is 9.01. The molecule has 1 saturated carbocycles. The van der Waals surface area contributed by atoms with Crippen LogP contribution in [0.15, 0.2) is 18.2 Å². The van der Waals surface area contributed by atoms with E-state index in [2.05, 4.69) is 27.2 Å². The van der Waals surface area contributed by atoms with Crippen molar-refractivity contribution in [2.45, 2.75) is 57.2 Å². The molecule has 4 heterocycles. The minimum Gasteiger partial charge on any atom is -0.454 e. The number of ether oxygens (including phenoxy) is 2. The largest absolute Gasteiger partial charge is 0.454 e. The van der Waals surface area contributed by atoms with Gasteiger partial charge in [0.2, 0.25) is 6.79 Å². The Hall–Kier alpha value is -2.05. The Balaban J connectivity index is 1.35. The minimum atomic E-state index is 0.304. The quantitative estimate of drug-likeness (QED) is 0.859. The third-order valence-corrected chi connectivity index (χ3v) is 7.19. The fraction of sp³-hybridized carbons (Fsp3) is 0.609. The van der Waals surface area contributed by atoms with E-state index in [1.807, 2.05) is 6.07 Å². The molecule has 0 amide bonds. The lowest BCUT2D eigenvalue weighted by molar-refractivity contribution is 0.174. The Morgan fingerprint density at radius 1 is 0.966 bits per heavy atom. The van der Waals surface area contributed by atoms with E-state index in [0.29, 0.717) is 18.9 Å². The molecule has 154 valence electrons. The van der Waals surface area contributed by atoms with Crippen molar-refractivity contribution in [2.75, 3.05) is 37.9 Å². The van der Waals surface area contributed by atoms with E-state index < -0.39 is 0 Å². The molecule has 3 aliphatic heterocycles. The number of pyridine rings is 1. The Kier molecular flexibility index (Phi) is 4.49. The van der Waals surface area contributed by atoms with E-state index >= 15 is 0 Å². The molecule has 0 bridgehead atoms. The highest BCUT2D eigenvalue weighted by atomic mass is 16.7. The van der Waals surface area contributed by atoms with E-state index in [-0.39, 0.29) is 0 Å². The summed E-state index contributed by atoms with van der Waals surface area (Å²) in [5.74, 6) is 2.81. The van der Waals surface area contributed by atoms with E-state index in [1.54, 1.807) is 0 Å². The molecule has 0 spiro atoms. The maximum atomic E-state index is 5.60. The van der Waals surface area contributed by atoms with Crippen LogP contribution in [0.4, 0.5) is 5.82 Å². The summed E-state index contributed by atoms with van der Waals surface area (Å²) in [5.41, 5.74) is 2.32. The first kappa shape index (κ1) is 17.8. The van der Waals surface area contributed by atoms with Gasteiger partial charge in [-0.25, -0.2) is 4.98 Å². The van der Waals surface area contributed by atoms with E-state index in [4.69, 9.17) is 14.5 Å². The summed E-state index contributed by atoms with van der Waals surface area (Å²) in [7, 11) is 0. The number of nitrogens with zero attached hydrogens (tertiary/aromatic N) is 3. The van der Waals surface area contributed by atoms with Gasteiger partial charge in [0, 0.05) is 55.3 Å². The average molecular weight is 395 g/mol. The van der Waals surface area contributed by atoms with Crippen molar-refractivity contribution >= 4 is 16.7 Å². The second-order valence-electron chi connectivity index (χ2n) is 9.01. The van der Waals surface area contributed by atoms with Gasteiger partial charge in [-0.15, -0.1) is 0 Å². The Labute approximate surface area is 172 Å². The molecule has 2 aromatic rings. The molecule has 1 aromatic heterocycles. The van der Waals surface area contributed by atoms with E-state index in [9.17, 15) is 0 Å². The fourth-order valence-corrected chi connectivity index (χ4v) is 5.57. The molecule has 6 nitrogen and oxygen atoms in total. The molecule has 1 N–H and O–H groups in total. The SMILES string of the molecule is c1c(CNC2CCCC2)c(N2CCN3CCCC3C2)nc2cc3c(cc12)OCO3. The van der Waals surface area contributed by atoms with Crippen molar-refractivity contribution in [1.29, 1.82) is 0 Å². The molecule has 6 heteroatoms. The number of fused-ring (bicyclic) bond motifs is 3. The second kappa shape index (κ2) is 7.33. The number of hydrogen-bond donors (Lipinski definition) is 1. The van der Waals surface area contributed by atoms with Gasteiger partial charge in [-0.1, -0.05) is 12.8 Å². The number of aromatic nitrogens is 1. The van der Waals surface area contributed by atoms with Gasteiger partial charge in [0.25, 0.3) is 0 Å². The lowest BCUT2D eigenvalue weighted by Gasteiger charge is -2.39. The summed E-state index contributed by atoms with van der Waals surface area (Å²) in [6.07, 6.45) is 7.97. The first-order valence-electron chi connectivity index (χ1n) is 11.3. The molecule has 1 unspecified atom stereocenters. The molecular weight excluding hydrogens is 364 g/mol. The molecule has 2 saturated heterocycles. The van der Waals surface area contributed by atoms with Gasteiger partial charge in [-0.05, 0) is 44.4 Å². The maximum Gasteiger partial charge on any atom is 0.231 e. The van der Waals surface area contributed by atoms with Crippen LogP contribution in [0.5, 0.6) is 11.5 Å². The molecule has 6 rings (SSSR count). The summed E-state index contributed by atoms with van der Waals surface area (Å²) in [5, 5.41) is 4.95. The van der Waals surface area contributed by atoms with Gasteiger partial charge in [-0.3, -0.25) is 4.90 Å². The van der Waals surface area contributed by atoms with E-state index in [0.717, 1.165) is 54.4 Å². The fourth-order valence-electron chi connectivity index (χ4n) is 5.57. The van der Waals surface area contributed by atoms with Crippen LogP contribution in [0.1, 0.15) is 44.1 Å². The van der Waals surface area contributed by atoms with Crippen molar-refractivity contribution < 1.29 is 9.47 Å². The minimum absolute atomic E-state index is 0.304. The van der Waals surface area contributed by atoms with Gasteiger partial charge < -0.3 is 19.7 Å². The van der Waals surface area contributed by atoms with Crippen molar-refractivity contribution in [2.24, 2.45) is 0 Å². The molecule has 29 heavy (non-hydrogen) atoms. The van der Waals surface area contributed by atoms with Crippen LogP contribution in [0, 0.1) is 0 Å². The Morgan fingerprint density at radius 3 is 2.72 bits per heavy atom. The Bertz CT molecular complexity index is 911. The lowest BCUT2D eigenvalue weighted by Crippen LogP contribution is -2.50. The summed E-state index contributed by atoms with van der Waals surface area (Å²) < 4.78 is 11.2. The summed E-state index contributed by atoms with van der Waals surface area (Å²) in [4.78, 5) is 10.4. The topological polar surface area (TPSA) is 49.9 Å². The highest BCUT2D eigenvalue weighted by molar-refractivity contribution is 5.85. The number of anilines is 1. The third kappa shape index (κ3) is 3.32. The molecule has 1 aromatic carbocycles. The first-order valence-corrected chi connectivity index (χ1v) is 11.3. The van der Waals surface area contributed by atoms with Crippen LogP contribution in [-0.2, 0) is 6.54 Å². The molecular formula is C23H30N4O2. The van der Waals surface area contributed by atoms with Crippen molar-refractivity contribution in [3.05, 3.63) is 23.8 Å². The van der Waals surface area contributed by atoms with Gasteiger partial charge in [0.05, 0.1) is 5.52 Å². The van der Waals surface area contributed by atoms with E-state index in [1.165, 1.54) is 50.6 Å². The van der Waals surface area contributed by atoms with Crippen LogP contribution in [0.3, 0.4) is 0 Å². The van der Waals surface area contributed by atoms with Gasteiger partial charge in [0.15, 0.2) is 11.5 Å². The number of hydrogen-bond acceptors (Lipinski definition) is 6. The normalized spacial score (nSPS) is 24.6. The van der Waals surface area contributed by atoms with Gasteiger partial charge >= 0.3 is 0 Å². The number of nitrogens with one attached hydrogen (secondary N) is 1. The maximum absolute atomic E-state index is 5.60. The molecule has 3 fully saturated rings. The third-order valence-electron chi connectivity index (χ3n) is 7.19. The van der Waals surface area contributed by atoms with Gasteiger partial charge in [-0.2, -0.15) is 0 Å². The zero-order valence-electron chi connectivity index (χ0n) is 17.0. The van der Waals surface area contributed by atoms with Crippen LogP contribution in [-0.4, -0.2) is 54.9 Å². The van der Waals surface area contributed by atoms with Gasteiger partial charge in [0.1, 0.15) is 5.82 Å². The zero-order valence-corrected chi connectivity index (χ0v) is 17.0. The Morgan fingerprint density at radius 2 is 1.83 bits per heavy atom. The number of rotatable bonds is 4. The van der Waals surface area contributed by atoms with Crippen LogP contribution >= 0.6 is 0 Å². The van der Waals surface area contributed by atoms with Crippen molar-refractivity contribution in [3.63, 3.8) is 0 Å². The molecule has 1 atom stereocenters. The monoisotopic (exact) mass is 394 g/mol. The summed E-state index contributed by atoms with van der Waals surface area (Å²) >= 11 is 0. The number of benzene rings is 1. The highest BCUT2D eigenvalue weighted by Crippen LogP contribution is 2.37. The van der Waals surface area contributed by atoms with Crippen molar-refractivity contribution in [3.8, 4) is 11.5 Å². The molecule has 1 aliphatic carbocycles. The van der Waals surface area contributed by atoms with Crippen molar-refractivity contribution in [1.82, 2.24) is 15.2 Å². The van der Waals surface area contributed by atoms with Crippen LogP contribution in [0.2, 0.25) is 0 Å². The molecule has 0 radical (unpaired) electrons. The smallest absolute Gasteiger partial charge is 0.231 e. The summed E-state index contributed by atoms with van der Waals surface area (Å²) in [6.45, 7) is 5.78. The summed E-state index contributed by atoms with van der Waals surface area (Å²) in [6, 6.07) is 7.79.